The molecule has 0 radical (unpaired) electrons. The van der Waals surface area contributed by atoms with Crippen molar-refractivity contribution in [3.05, 3.63) is 102 Å². The summed E-state index contributed by atoms with van der Waals surface area (Å²) in [7, 11) is 0. The highest BCUT2D eigenvalue weighted by Crippen LogP contribution is 2.28. The molecule has 0 aliphatic rings. The van der Waals surface area contributed by atoms with Crippen LogP contribution in [0.3, 0.4) is 0 Å². The van der Waals surface area contributed by atoms with Crippen LogP contribution in [0.1, 0.15) is 42.3 Å². The summed E-state index contributed by atoms with van der Waals surface area (Å²) in [5, 5.41) is 26.1. The van der Waals surface area contributed by atoms with Gasteiger partial charge in [-0.1, -0.05) is 60.7 Å². The average molecular weight is 559 g/mol. The van der Waals surface area contributed by atoms with Crippen molar-refractivity contribution in [2.45, 2.75) is 38.8 Å². The van der Waals surface area contributed by atoms with Crippen molar-refractivity contribution in [2.75, 3.05) is 19.8 Å². The van der Waals surface area contributed by atoms with E-state index in [9.17, 15) is 15.2 Å². The molecule has 0 saturated heterocycles. The number of hydrogen-bond donors (Lipinski definition) is 2. The maximum atomic E-state index is 11.9. The molecule has 0 fully saturated rings. The Hall–Kier alpha value is -3.89. The van der Waals surface area contributed by atoms with Gasteiger partial charge in [0.2, 0.25) is 0 Å². The quantitative estimate of drug-likeness (QED) is 0.209. The number of β-amino-alcohol motifs (C(OH)–C–C–N with tert-alkyl or cyclic N) is 1. The van der Waals surface area contributed by atoms with Crippen LogP contribution in [0.4, 0.5) is 0 Å². The predicted octanol–water partition coefficient (Wildman–Crippen LogP) is 6.33. The molecule has 2 N–H and O–H groups in total. The molecule has 0 amide bonds. The highest BCUT2D eigenvalue weighted by molar-refractivity contribution is 5.90. The topological polar surface area (TPSA) is 91.6 Å². The lowest BCUT2D eigenvalue weighted by Gasteiger charge is -2.28. The van der Waals surface area contributed by atoms with E-state index in [2.05, 4.69) is 55.6 Å². The van der Waals surface area contributed by atoms with Crippen LogP contribution >= 0.6 is 12.4 Å². The molecule has 0 aliphatic heterocycles. The van der Waals surface area contributed by atoms with Gasteiger partial charge in [0.05, 0.1) is 17.7 Å². The maximum absolute atomic E-state index is 11.9. The highest BCUT2D eigenvalue weighted by Gasteiger charge is 2.20. The third-order valence-electron chi connectivity index (χ3n) is 6.54. The van der Waals surface area contributed by atoms with Gasteiger partial charge in [-0.2, -0.15) is 5.26 Å². The third-order valence-corrected chi connectivity index (χ3v) is 6.54. The molecule has 0 bridgehead atoms. The zero-order valence-corrected chi connectivity index (χ0v) is 23.8. The number of hydrogen-bond acceptors (Lipinski definition) is 6. The van der Waals surface area contributed by atoms with Gasteiger partial charge in [0.25, 0.3) is 0 Å². The number of rotatable bonds is 11. The van der Waals surface area contributed by atoms with E-state index in [0.29, 0.717) is 30.0 Å². The lowest BCUT2D eigenvalue weighted by molar-refractivity contribution is 0.0526. The second-order valence-electron chi connectivity index (χ2n) is 10.2. The number of ether oxygens (including phenoxy) is 2. The fourth-order valence-corrected chi connectivity index (χ4v) is 4.49. The molecule has 208 valence electrons. The standard InChI is InChI=1S/C33H34N2O4.ClH/c1-4-38-32(37)26-13-11-25(12-14-26)28-15-16-29(20-34)31(18-28)39-22-30(36)21-35-33(2,3)19-23-9-10-24-7-5-6-8-27(24)17-23;/h5-18,30,35-36H,4,19,21-22H2,1-3H3;1H. The van der Waals surface area contributed by atoms with Crippen LogP contribution in [0.2, 0.25) is 0 Å². The summed E-state index contributed by atoms with van der Waals surface area (Å²) >= 11 is 0. The van der Waals surface area contributed by atoms with E-state index in [0.717, 1.165) is 17.5 Å². The Balaban J connectivity index is 0.00000441. The van der Waals surface area contributed by atoms with Crippen LogP contribution in [0.25, 0.3) is 21.9 Å². The third kappa shape index (κ3) is 8.06. The number of fused-ring (bicyclic) bond motifs is 1. The fraction of sp³-hybridized carbons (Fsp3) is 0.273. The number of nitriles is 1. The molecule has 1 unspecified atom stereocenters. The van der Waals surface area contributed by atoms with E-state index in [4.69, 9.17) is 9.47 Å². The molecular weight excluding hydrogens is 524 g/mol. The minimum atomic E-state index is -0.764. The van der Waals surface area contributed by atoms with Gasteiger partial charge in [0.1, 0.15) is 24.5 Å². The number of carbonyl (C=O) groups is 1. The minimum Gasteiger partial charge on any atom is -0.489 e. The van der Waals surface area contributed by atoms with Crippen molar-refractivity contribution in [2.24, 2.45) is 0 Å². The first-order valence-corrected chi connectivity index (χ1v) is 13.1. The largest absolute Gasteiger partial charge is 0.489 e. The Kier molecular flexibility index (Phi) is 10.7. The molecule has 0 aliphatic carbocycles. The molecule has 1 atom stereocenters. The number of aliphatic hydroxyl groups excluding tert-OH is 1. The summed E-state index contributed by atoms with van der Waals surface area (Å²) < 4.78 is 10.9. The SMILES string of the molecule is CCOC(=O)c1ccc(-c2ccc(C#N)c(OCC(O)CNC(C)(C)Cc3ccc4ccccc4c3)c2)cc1.Cl. The summed E-state index contributed by atoms with van der Waals surface area (Å²) in [5.74, 6) is 0.0369. The van der Waals surface area contributed by atoms with Crippen LogP contribution in [-0.4, -0.2) is 42.5 Å². The molecule has 7 heteroatoms. The lowest BCUT2D eigenvalue weighted by atomic mass is 9.93. The van der Waals surface area contributed by atoms with Gasteiger partial charge in [-0.25, -0.2) is 4.79 Å². The molecular formula is C33H35ClN2O4. The second-order valence-corrected chi connectivity index (χ2v) is 10.2. The van der Waals surface area contributed by atoms with E-state index < -0.39 is 6.10 Å². The van der Waals surface area contributed by atoms with E-state index in [1.165, 1.54) is 16.3 Å². The maximum Gasteiger partial charge on any atom is 0.338 e. The Bertz CT molecular complexity index is 1480. The van der Waals surface area contributed by atoms with Crippen molar-refractivity contribution >= 4 is 29.1 Å². The van der Waals surface area contributed by atoms with Crippen molar-refractivity contribution in [3.8, 4) is 22.9 Å². The van der Waals surface area contributed by atoms with Crippen molar-refractivity contribution in [1.82, 2.24) is 5.32 Å². The normalized spacial score (nSPS) is 11.8. The number of esters is 1. The summed E-state index contributed by atoms with van der Waals surface area (Å²) in [6, 6.07) is 29.3. The zero-order chi connectivity index (χ0) is 27.8. The van der Waals surface area contributed by atoms with Crippen molar-refractivity contribution in [1.29, 1.82) is 5.26 Å². The van der Waals surface area contributed by atoms with Gasteiger partial charge < -0.3 is 19.9 Å². The summed E-state index contributed by atoms with van der Waals surface area (Å²) in [5.41, 5.74) is 3.56. The average Bonchev–Trinajstić information content (AvgIpc) is 2.95. The summed E-state index contributed by atoms with van der Waals surface area (Å²) in [4.78, 5) is 11.9. The number of halogens is 1. The van der Waals surface area contributed by atoms with Gasteiger partial charge in [-0.3, -0.25) is 0 Å². The molecule has 0 saturated carbocycles. The summed E-state index contributed by atoms with van der Waals surface area (Å²) in [6.45, 7) is 6.70. The Labute approximate surface area is 242 Å². The van der Waals surface area contributed by atoms with Crippen molar-refractivity contribution in [3.63, 3.8) is 0 Å². The van der Waals surface area contributed by atoms with Crippen LogP contribution in [-0.2, 0) is 11.2 Å². The number of benzene rings is 4. The molecule has 0 spiro atoms. The smallest absolute Gasteiger partial charge is 0.338 e. The van der Waals surface area contributed by atoms with E-state index in [1.807, 2.05) is 30.3 Å². The molecule has 4 aromatic carbocycles. The summed E-state index contributed by atoms with van der Waals surface area (Å²) in [6.07, 6.45) is 0.0426. The first-order valence-electron chi connectivity index (χ1n) is 13.1. The van der Waals surface area contributed by atoms with Crippen LogP contribution in [0, 0.1) is 11.3 Å². The van der Waals surface area contributed by atoms with E-state index in [1.54, 1.807) is 31.2 Å². The van der Waals surface area contributed by atoms with Crippen LogP contribution in [0.15, 0.2) is 84.9 Å². The first kappa shape index (κ1) is 30.6. The molecule has 0 heterocycles. The Morgan fingerprint density at radius 2 is 1.68 bits per heavy atom. The van der Waals surface area contributed by atoms with Gasteiger partial charge in [-0.05, 0) is 78.9 Å². The second kappa shape index (κ2) is 14.0. The van der Waals surface area contributed by atoms with Gasteiger partial charge in [-0.15, -0.1) is 12.4 Å². The number of nitrogens with one attached hydrogen (secondary N) is 1. The molecule has 6 nitrogen and oxygen atoms in total. The number of nitrogens with zero attached hydrogens (tertiary/aromatic N) is 1. The van der Waals surface area contributed by atoms with E-state index >= 15 is 0 Å². The van der Waals surface area contributed by atoms with Crippen LogP contribution in [0.5, 0.6) is 5.75 Å². The fourth-order valence-electron chi connectivity index (χ4n) is 4.49. The molecule has 4 rings (SSSR count). The predicted molar refractivity (Wildman–Crippen MR) is 161 cm³/mol. The van der Waals surface area contributed by atoms with Gasteiger partial charge in [0.15, 0.2) is 0 Å². The zero-order valence-electron chi connectivity index (χ0n) is 23.0. The van der Waals surface area contributed by atoms with E-state index in [-0.39, 0.29) is 30.5 Å². The highest BCUT2D eigenvalue weighted by atomic mass is 35.5. The monoisotopic (exact) mass is 558 g/mol. The molecule has 0 aromatic heterocycles. The van der Waals surface area contributed by atoms with Crippen LogP contribution < -0.4 is 10.1 Å². The Morgan fingerprint density at radius 1 is 0.975 bits per heavy atom. The first-order chi connectivity index (χ1) is 18.8. The van der Waals surface area contributed by atoms with Gasteiger partial charge >= 0.3 is 5.97 Å². The minimum absolute atomic E-state index is 0. The molecule has 40 heavy (non-hydrogen) atoms. The Morgan fingerprint density at radius 3 is 2.38 bits per heavy atom. The number of carbonyl (C=O) groups excluding carboxylic acids is 1. The van der Waals surface area contributed by atoms with Gasteiger partial charge in [0, 0.05) is 12.1 Å². The number of aliphatic hydroxyl groups is 1. The van der Waals surface area contributed by atoms with Crippen molar-refractivity contribution < 1.29 is 19.4 Å². The molecule has 4 aromatic rings. The lowest BCUT2D eigenvalue weighted by Crippen LogP contribution is -2.46.